The average molecular weight is 292 g/mol. The van der Waals surface area contributed by atoms with Gasteiger partial charge in [-0.05, 0) is 47.9 Å². The first-order valence-corrected chi connectivity index (χ1v) is 8.09. The fraction of sp³-hybridized carbons (Fsp3) is 0.375. The van der Waals surface area contributed by atoms with Gasteiger partial charge >= 0.3 is 0 Å². The summed E-state index contributed by atoms with van der Waals surface area (Å²) in [4.78, 5) is 1.29. The van der Waals surface area contributed by atoms with Crippen LogP contribution in [-0.4, -0.2) is 6.54 Å². The molecule has 0 fully saturated rings. The monoisotopic (exact) mass is 291 g/mol. The van der Waals surface area contributed by atoms with E-state index in [1.165, 1.54) is 22.4 Å². The van der Waals surface area contributed by atoms with Crippen molar-refractivity contribution in [3.8, 4) is 0 Å². The zero-order valence-corrected chi connectivity index (χ0v) is 12.6. The highest BCUT2D eigenvalue weighted by atomic mass is 35.5. The minimum Gasteiger partial charge on any atom is -0.309 e. The topological polar surface area (TPSA) is 12.0 Å². The molecule has 1 N–H and O–H groups in total. The lowest BCUT2D eigenvalue weighted by atomic mass is 9.74. The van der Waals surface area contributed by atoms with E-state index in [4.69, 9.17) is 11.6 Å². The van der Waals surface area contributed by atoms with Crippen LogP contribution in [0.2, 0.25) is 5.02 Å². The third-order valence-electron chi connectivity index (χ3n) is 3.89. The van der Waals surface area contributed by atoms with Gasteiger partial charge in [-0.3, -0.25) is 0 Å². The molecule has 0 aliphatic heterocycles. The maximum atomic E-state index is 6.29. The summed E-state index contributed by atoms with van der Waals surface area (Å²) in [7, 11) is 0. The predicted octanol–water partition coefficient (Wildman–Crippen LogP) is 4.78. The summed E-state index contributed by atoms with van der Waals surface area (Å²) in [6.45, 7) is 3.14. The van der Waals surface area contributed by atoms with Crippen LogP contribution in [0.4, 0.5) is 0 Å². The Morgan fingerprint density at radius 2 is 2.21 bits per heavy atom. The maximum Gasteiger partial charge on any atom is 0.0561 e. The molecule has 0 radical (unpaired) electrons. The van der Waals surface area contributed by atoms with Gasteiger partial charge in [-0.1, -0.05) is 42.8 Å². The van der Waals surface area contributed by atoms with Crippen LogP contribution in [0, 0.1) is 0 Å². The van der Waals surface area contributed by atoms with Gasteiger partial charge in [-0.15, -0.1) is 11.3 Å². The van der Waals surface area contributed by atoms with E-state index in [2.05, 4.69) is 41.9 Å². The van der Waals surface area contributed by atoms with E-state index in [-0.39, 0.29) is 0 Å². The molecule has 2 atom stereocenters. The van der Waals surface area contributed by atoms with Crippen molar-refractivity contribution in [2.75, 3.05) is 6.54 Å². The molecule has 1 aromatic carbocycles. The van der Waals surface area contributed by atoms with Gasteiger partial charge in [0.05, 0.1) is 5.02 Å². The largest absolute Gasteiger partial charge is 0.309 e. The van der Waals surface area contributed by atoms with Crippen LogP contribution in [0.5, 0.6) is 0 Å². The molecule has 1 aliphatic carbocycles. The van der Waals surface area contributed by atoms with Crippen LogP contribution < -0.4 is 5.32 Å². The summed E-state index contributed by atoms with van der Waals surface area (Å²) in [5.41, 5.74) is 3.04. The van der Waals surface area contributed by atoms with Gasteiger partial charge in [-0.25, -0.2) is 0 Å². The molecule has 0 bridgehead atoms. The van der Waals surface area contributed by atoms with E-state index >= 15 is 0 Å². The smallest absolute Gasteiger partial charge is 0.0561 e. The fourth-order valence-electron chi connectivity index (χ4n) is 2.94. The Hall–Kier alpha value is -0.830. The van der Waals surface area contributed by atoms with Crippen molar-refractivity contribution in [2.45, 2.75) is 31.7 Å². The first kappa shape index (κ1) is 13.2. The van der Waals surface area contributed by atoms with E-state index in [0.29, 0.717) is 12.0 Å². The second-order valence-electron chi connectivity index (χ2n) is 5.08. The van der Waals surface area contributed by atoms with Crippen LogP contribution in [0.1, 0.15) is 41.3 Å². The van der Waals surface area contributed by atoms with Crippen molar-refractivity contribution >= 4 is 22.9 Å². The number of halogens is 1. The van der Waals surface area contributed by atoms with E-state index in [1.54, 1.807) is 11.3 Å². The maximum absolute atomic E-state index is 6.29. The number of fused-ring (bicyclic) bond motifs is 1. The molecular weight excluding hydrogens is 274 g/mol. The Morgan fingerprint density at radius 1 is 1.37 bits per heavy atom. The highest BCUT2D eigenvalue weighted by Gasteiger charge is 2.29. The lowest BCUT2D eigenvalue weighted by Crippen LogP contribution is -2.26. The summed E-state index contributed by atoms with van der Waals surface area (Å²) in [5.74, 6) is 0.679. The van der Waals surface area contributed by atoms with Gasteiger partial charge in [0.25, 0.3) is 0 Å². The third-order valence-corrected chi connectivity index (χ3v) is 5.37. The van der Waals surface area contributed by atoms with Crippen molar-refractivity contribution in [3.05, 3.63) is 56.7 Å². The summed E-state index contributed by atoms with van der Waals surface area (Å²) < 4.78 is 0. The number of hydrogen-bond acceptors (Lipinski definition) is 2. The molecule has 1 nitrogen and oxygen atoms in total. The highest BCUT2D eigenvalue weighted by Crippen LogP contribution is 2.42. The Morgan fingerprint density at radius 3 is 2.89 bits per heavy atom. The SMILES string of the molecule is CCNC(CC1Cc2ccccc21)c1sccc1Cl. The van der Waals surface area contributed by atoms with Gasteiger partial charge < -0.3 is 5.32 Å². The fourth-order valence-corrected chi connectivity index (χ4v) is 4.22. The van der Waals surface area contributed by atoms with Crippen LogP contribution in [-0.2, 0) is 6.42 Å². The zero-order chi connectivity index (χ0) is 13.2. The van der Waals surface area contributed by atoms with Crippen LogP contribution in [0.15, 0.2) is 35.7 Å². The standard InChI is InChI=1S/C16H18ClNS/c1-2-18-15(16-14(17)7-8-19-16)10-12-9-11-5-3-4-6-13(11)12/h3-8,12,15,18H,2,9-10H2,1H3. The van der Waals surface area contributed by atoms with Crippen molar-refractivity contribution in [1.29, 1.82) is 0 Å². The summed E-state index contributed by atoms with van der Waals surface area (Å²) in [6.07, 6.45) is 2.35. The number of hydrogen-bond donors (Lipinski definition) is 1. The van der Waals surface area contributed by atoms with Crippen molar-refractivity contribution in [1.82, 2.24) is 5.32 Å². The van der Waals surface area contributed by atoms with Gasteiger partial charge in [-0.2, -0.15) is 0 Å². The van der Waals surface area contributed by atoms with Gasteiger partial charge in [0.1, 0.15) is 0 Å². The molecule has 1 aliphatic rings. The summed E-state index contributed by atoms with van der Waals surface area (Å²) in [5, 5.41) is 6.57. The molecular formula is C16H18ClNS. The van der Waals surface area contributed by atoms with Crippen LogP contribution >= 0.6 is 22.9 Å². The Bertz CT molecular complexity index is 563. The molecule has 1 heterocycles. The first-order chi connectivity index (χ1) is 9.29. The van der Waals surface area contributed by atoms with Gasteiger partial charge in [0.2, 0.25) is 0 Å². The minimum atomic E-state index is 0.385. The molecule has 0 saturated heterocycles. The Kier molecular flexibility index (Phi) is 3.92. The normalized spacial score (nSPS) is 18.7. The lowest BCUT2D eigenvalue weighted by molar-refractivity contribution is 0.440. The molecule has 1 aromatic heterocycles. The second-order valence-corrected chi connectivity index (χ2v) is 6.43. The molecule has 19 heavy (non-hydrogen) atoms. The molecule has 3 heteroatoms. The zero-order valence-electron chi connectivity index (χ0n) is 11.0. The third kappa shape index (κ3) is 2.58. The predicted molar refractivity (Wildman–Crippen MR) is 83.3 cm³/mol. The van der Waals surface area contributed by atoms with Crippen LogP contribution in [0.25, 0.3) is 0 Å². The lowest BCUT2D eigenvalue weighted by Gasteiger charge is -2.33. The van der Waals surface area contributed by atoms with Crippen molar-refractivity contribution in [2.24, 2.45) is 0 Å². The van der Waals surface area contributed by atoms with Crippen molar-refractivity contribution < 1.29 is 0 Å². The molecule has 2 unspecified atom stereocenters. The first-order valence-electron chi connectivity index (χ1n) is 6.83. The summed E-state index contributed by atoms with van der Waals surface area (Å²) in [6, 6.07) is 11.2. The average Bonchev–Trinajstić information content (AvgIpc) is 2.81. The second kappa shape index (κ2) is 5.66. The quantitative estimate of drug-likeness (QED) is 0.836. The molecule has 2 aromatic rings. The molecule has 100 valence electrons. The number of benzene rings is 1. The van der Waals surface area contributed by atoms with E-state index in [1.807, 2.05) is 6.07 Å². The summed E-state index contributed by atoms with van der Waals surface area (Å²) >= 11 is 8.05. The number of nitrogens with one attached hydrogen (secondary N) is 1. The Labute approximate surface area is 123 Å². The van der Waals surface area contributed by atoms with Crippen molar-refractivity contribution in [3.63, 3.8) is 0 Å². The van der Waals surface area contributed by atoms with Gasteiger partial charge in [0, 0.05) is 10.9 Å². The molecule has 3 rings (SSSR count). The van der Waals surface area contributed by atoms with Crippen LogP contribution in [0.3, 0.4) is 0 Å². The highest BCUT2D eigenvalue weighted by molar-refractivity contribution is 7.10. The van der Waals surface area contributed by atoms with Gasteiger partial charge in [0.15, 0.2) is 0 Å². The van der Waals surface area contributed by atoms with E-state index < -0.39 is 0 Å². The Balaban J connectivity index is 1.76. The molecule has 0 amide bonds. The number of thiophene rings is 1. The van der Waals surface area contributed by atoms with E-state index in [0.717, 1.165) is 18.0 Å². The number of rotatable bonds is 5. The van der Waals surface area contributed by atoms with E-state index in [9.17, 15) is 0 Å². The molecule has 0 spiro atoms. The molecule has 0 saturated carbocycles. The minimum absolute atomic E-state index is 0.385.